The molecule has 0 fully saturated rings. The maximum Gasteiger partial charge on any atom is 0.412 e. The molecule has 1 aromatic heterocycles. The van der Waals surface area contributed by atoms with Crippen molar-refractivity contribution in [2.45, 2.75) is 5.92 Å². The van der Waals surface area contributed by atoms with E-state index in [0.29, 0.717) is 5.00 Å². The highest BCUT2D eigenvalue weighted by Gasteiger charge is 2.29. The van der Waals surface area contributed by atoms with Crippen LogP contribution in [0, 0.1) is 0 Å². The molecule has 142 valence electrons. The highest BCUT2D eigenvalue weighted by Crippen LogP contribution is 2.44. The van der Waals surface area contributed by atoms with Crippen LogP contribution in [0.1, 0.15) is 27.4 Å². The van der Waals surface area contributed by atoms with E-state index < -0.39 is 12.1 Å². The largest absolute Gasteiger partial charge is 0.465 e. The van der Waals surface area contributed by atoms with Crippen molar-refractivity contribution in [3.05, 3.63) is 75.6 Å². The van der Waals surface area contributed by atoms with Gasteiger partial charge in [0.2, 0.25) is 0 Å². The number of carbonyl (C=O) groups is 2. The fourth-order valence-corrected chi connectivity index (χ4v) is 4.60. The second-order valence-corrected chi connectivity index (χ2v) is 7.52. The Morgan fingerprint density at radius 3 is 2.29 bits per heavy atom. The molecule has 1 aliphatic rings. The highest BCUT2D eigenvalue weighted by molar-refractivity contribution is 7.15. The fourth-order valence-electron chi connectivity index (χ4n) is 3.45. The molecule has 0 atom stereocenters. The standard InChI is InChI=1S/C21H16ClNO4S/c1-26-20(24)18-17(22)11-28-19(18)23-21(25)27-10-16-14-8-4-2-6-12(14)13-7-3-5-9-15(13)16/h2-9,11,16H,10H2,1H3,(H,23,25). The molecule has 1 heterocycles. The number of halogens is 1. The Hall–Kier alpha value is -2.83. The van der Waals surface area contributed by atoms with Gasteiger partial charge in [-0.15, -0.1) is 11.3 Å². The van der Waals surface area contributed by atoms with Crippen molar-refractivity contribution in [2.24, 2.45) is 0 Å². The first-order valence-electron chi connectivity index (χ1n) is 8.57. The van der Waals surface area contributed by atoms with Gasteiger partial charge >= 0.3 is 12.1 Å². The van der Waals surface area contributed by atoms with Crippen LogP contribution in [0.2, 0.25) is 5.02 Å². The van der Waals surface area contributed by atoms with Crippen LogP contribution < -0.4 is 5.32 Å². The molecule has 0 radical (unpaired) electrons. The predicted molar refractivity (Wildman–Crippen MR) is 109 cm³/mol. The number of esters is 1. The number of methoxy groups -OCH3 is 1. The molecule has 1 N–H and O–H groups in total. The second kappa shape index (κ2) is 7.66. The van der Waals surface area contributed by atoms with E-state index in [0.717, 1.165) is 33.6 Å². The molecule has 7 heteroatoms. The first kappa shape index (κ1) is 18.5. The Bertz CT molecular complexity index is 1020. The van der Waals surface area contributed by atoms with Gasteiger partial charge in [-0.05, 0) is 22.3 Å². The maximum absolute atomic E-state index is 12.3. The van der Waals surface area contributed by atoms with Gasteiger partial charge in [0.1, 0.15) is 17.2 Å². The number of hydrogen-bond donors (Lipinski definition) is 1. The molecule has 0 spiro atoms. The number of hydrogen-bond acceptors (Lipinski definition) is 5. The maximum atomic E-state index is 12.3. The van der Waals surface area contributed by atoms with Crippen molar-refractivity contribution in [1.29, 1.82) is 0 Å². The lowest BCUT2D eigenvalue weighted by molar-refractivity contribution is 0.0602. The van der Waals surface area contributed by atoms with E-state index in [1.165, 1.54) is 7.11 Å². The van der Waals surface area contributed by atoms with Crippen LogP contribution in [-0.4, -0.2) is 25.8 Å². The number of benzene rings is 2. The summed E-state index contributed by atoms with van der Waals surface area (Å²) in [6.07, 6.45) is -0.648. The van der Waals surface area contributed by atoms with E-state index in [2.05, 4.69) is 29.6 Å². The number of thiophene rings is 1. The van der Waals surface area contributed by atoms with Gasteiger partial charge in [0, 0.05) is 11.3 Å². The van der Waals surface area contributed by atoms with Gasteiger partial charge in [-0.3, -0.25) is 5.32 Å². The average molecular weight is 414 g/mol. The van der Waals surface area contributed by atoms with Crippen LogP contribution >= 0.6 is 22.9 Å². The number of fused-ring (bicyclic) bond motifs is 3. The summed E-state index contributed by atoms with van der Waals surface area (Å²) in [5, 5.41) is 4.68. The van der Waals surface area contributed by atoms with E-state index >= 15 is 0 Å². The third kappa shape index (κ3) is 3.25. The Morgan fingerprint density at radius 1 is 1.07 bits per heavy atom. The Labute approximate surface area is 170 Å². The first-order valence-corrected chi connectivity index (χ1v) is 9.83. The predicted octanol–water partition coefficient (Wildman–Crippen LogP) is 5.55. The normalized spacial score (nSPS) is 12.2. The number of nitrogens with one attached hydrogen (secondary N) is 1. The average Bonchev–Trinajstić information content (AvgIpc) is 3.23. The molecule has 1 amide bonds. The van der Waals surface area contributed by atoms with Crippen molar-refractivity contribution in [3.63, 3.8) is 0 Å². The van der Waals surface area contributed by atoms with Gasteiger partial charge in [0.25, 0.3) is 0 Å². The highest BCUT2D eigenvalue weighted by atomic mass is 35.5. The lowest BCUT2D eigenvalue weighted by atomic mass is 9.98. The summed E-state index contributed by atoms with van der Waals surface area (Å²) >= 11 is 7.15. The Balaban J connectivity index is 1.50. The molecule has 5 nitrogen and oxygen atoms in total. The summed E-state index contributed by atoms with van der Waals surface area (Å²) in [5.41, 5.74) is 4.70. The molecule has 3 aromatic rings. The summed E-state index contributed by atoms with van der Waals surface area (Å²) in [6, 6.07) is 16.2. The minimum absolute atomic E-state index is 0.0369. The summed E-state index contributed by atoms with van der Waals surface area (Å²) in [7, 11) is 1.26. The van der Waals surface area contributed by atoms with Crippen molar-refractivity contribution in [2.75, 3.05) is 19.0 Å². The third-order valence-electron chi connectivity index (χ3n) is 4.69. The van der Waals surface area contributed by atoms with E-state index in [9.17, 15) is 9.59 Å². The Kier molecular flexibility index (Phi) is 5.07. The molecule has 1 aliphatic carbocycles. The number of carbonyl (C=O) groups excluding carboxylic acids is 2. The van der Waals surface area contributed by atoms with E-state index in [-0.39, 0.29) is 23.1 Å². The monoisotopic (exact) mass is 413 g/mol. The van der Waals surface area contributed by atoms with Crippen molar-refractivity contribution in [3.8, 4) is 11.1 Å². The third-order valence-corrected chi connectivity index (χ3v) is 6.02. The molecular formula is C21H16ClNO4S. The zero-order valence-electron chi connectivity index (χ0n) is 14.9. The molecule has 0 saturated heterocycles. The molecule has 0 bridgehead atoms. The summed E-state index contributed by atoms with van der Waals surface area (Å²) in [4.78, 5) is 24.2. The number of rotatable bonds is 4. The number of amides is 1. The van der Waals surface area contributed by atoms with E-state index in [4.69, 9.17) is 21.1 Å². The molecule has 0 unspecified atom stereocenters. The van der Waals surface area contributed by atoms with Crippen molar-refractivity contribution < 1.29 is 19.1 Å². The van der Waals surface area contributed by atoms with Crippen molar-refractivity contribution in [1.82, 2.24) is 0 Å². The minimum atomic E-state index is -0.648. The lowest BCUT2D eigenvalue weighted by Gasteiger charge is -2.14. The Morgan fingerprint density at radius 2 is 1.68 bits per heavy atom. The zero-order chi connectivity index (χ0) is 19.7. The topological polar surface area (TPSA) is 64.6 Å². The van der Waals surface area contributed by atoms with Crippen LogP contribution in [0.5, 0.6) is 0 Å². The molecular weight excluding hydrogens is 398 g/mol. The van der Waals surface area contributed by atoms with Crippen LogP contribution in [0.25, 0.3) is 11.1 Å². The number of ether oxygens (including phenoxy) is 2. The van der Waals surface area contributed by atoms with Crippen LogP contribution in [0.3, 0.4) is 0 Å². The van der Waals surface area contributed by atoms with E-state index in [1.807, 2.05) is 24.3 Å². The quantitative estimate of drug-likeness (QED) is 0.569. The minimum Gasteiger partial charge on any atom is -0.465 e. The van der Waals surface area contributed by atoms with E-state index in [1.54, 1.807) is 5.38 Å². The van der Waals surface area contributed by atoms with Gasteiger partial charge in [-0.1, -0.05) is 60.1 Å². The lowest BCUT2D eigenvalue weighted by Crippen LogP contribution is -2.18. The number of anilines is 1. The van der Waals surface area contributed by atoms with Gasteiger partial charge < -0.3 is 9.47 Å². The van der Waals surface area contributed by atoms with Gasteiger partial charge in [-0.2, -0.15) is 0 Å². The second-order valence-electron chi connectivity index (χ2n) is 6.23. The molecule has 0 aliphatic heterocycles. The summed E-state index contributed by atoms with van der Waals surface area (Å²) < 4.78 is 10.2. The van der Waals surface area contributed by atoms with Crippen molar-refractivity contribution >= 4 is 40.0 Å². The van der Waals surface area contributed by atoms with Gasteiger partial charge in [0.05, 0.1) is 12.1 Å². The van der Waals surface area contributed by atoms with Gasteiger partial charge in [0.15, 0.2) is 0 Å². The fraction of sp³-hybridized carbons (Fsp3) is 0.143. The first-order chi connectivity index (χ1) is 13.6. The van der Waals surface area contributed by atoms with Crippen LogP contribution in [0.15, 0.2) is 53.9 Å². The summed E-state index contributed by atoms with van der Waals surface area (Å²) in [5.74, 6) is -0.648. The molecule has 0 saturated carbocycles. The SMILES string of the molecule is COC(=O)c1c(Cl)csc1NC(=O)OCC1c2ccccc2-c2ccccc21. The summed E-state index contributed by atoms with van der Waals surface area (Å²) in [6.45, 7) is 0.187. The smallest absolute Gasteiger partial charge is 0.412 e. The molecule has 2 aromatic carbocycles. The molecule has 28 heavy (non-hydrogen) atoms. The van der Waals surface area contributed by atoms with Crippen LogP contribution in [-0.2, 0) is 9.47 Å². The molecule has 4 rings (SSSR count). The van der Waals surface area contributed by atoms with Gasteiger partial charge in [-0.25, -0.2) is 9.59 Å². The zero-order valence-corrected chi connectivity index (χ0v) is 16.5. The van der Waals surface area contributed by atoms with Crippen LogP contribution in [0.4, 0.5) is 9.80 Å².